The van der Waals surface area contributed by atoms with Crippen LogP contribution >= 0.6 is 0 Å². The Morgan fingerprint density at radius 1 is 1.33 bits per heavy atom. The predicted octanol–water partition coefficient (Wildman–Crippen LogP) is 2.74. The molecular weight excluding hydrogens is 188 g/mol. The standard InChI is InChI=1S/C12H22N2O/c1-5-11(6-2)14-12(15)8-10(13-14)7-9(3)4/h8-9,11,13H,5-7H2,1-4H3. The first-order chi connectivity index (χ1) is 7.08. The summed E-state index contributed by atoms with van der Waals surface area (Å²) < 4.78 is 1.78. The second-order valence-corrected chi connectivity index (χ2v) is 4.56. The molecule has 1 heterocycles. The zero-order valence-corrected chi connectivity index (χ0v) is 10.2. The molecule has 0 amide bonds. The maximum absolute atomic E-state index is 11.7. The van der Waals surface area contributed by atoms with Crippen molar-refractivity contribution in [2.75, 3.05) is 0 Å². The van der Waals surface area contributed by atoms with E-state index in [2.05, 4.69) is 32.8 Å². The van der Waals surface area contributed by atoms with Crippen LogP contribution in [0, 0.1) is 5.92 Å². The Labute approximate surface area is 91.5 Å². The number of aromatic nitrogens is 2. The molecule has 0 saturated heterocycles. The van der Waals surface area contributed by atoms with Crippen molar-refractivity contribution in [3.63, 3.8) is 0 Å². The van der Waals surface area contributed by atoms with E-state index in [0.29, 0.717) is 12.0 Å². The van der Waals surface area contributed by atoms with Gasteiger partial charge >= 0.3 is 0 Å². The Morgan fingerprint density at radius 3 is 2.40 bits per heavy atom. The molecule has 0 radical (unpaired) electrons. The van der Waals surface area contributed by atoms with E-state index in [-0.39, 0.29) is 5.56 Å². The molecule has 0 aromatic carbocycles. The van der Waals surface area contributed by atoms with E-state index in [1.165, 1.54) is 0 Å². The van der Waals surface area contributed by atoms with Gasteiger partial charge in [-0.3, -0.25) is 9.89 Å². The second-order valence-electron chi connectivity index (χ2n) is 4.56. The van der Waals surface area contributed by atoms with Crippen LogP contribution in [0.3, 0.4) is 0 Å². The third kappa shape index (κ3) is 2.98. The van der Waals surface area contributed by atoms with Gasteiger partial charge in [-0.2, -0.15) is 0 Å². The first-order valence-electron chi connectivity index (χ1n) is 5.88. The average Bonchev–Trinajstić information content (AvgIpc) is 2.48. The lowest BCUT2D eigenvalue weighted by Crippen LogP contribution is -2.21. The van der Waals surface area contributed by atoms with Crippen molar-refractivity contribution in [1.29, 1.82) is 0 Å². The number of nitrogens with one attached hydrogen (secondary N) is 1. The van der Waals surface area contributed by atoms with Gasteiger partial charge in [-0.15, -0.1) is 0 Å². The van der Waals surface area contributed by atoms with E-state index in [0.717, 1.165) is 25.0 Å². The summed E-state index contributed by atoms with van der Waals surface area (Å²) in [6, 6.07) is 2.05. The molecule has 0 aliphatic carbocycles. The van der Waals surface area contributed by atoms with Crippen molar-refractivity contribution in [3.8, 4) is 0 Å². The number of nitrogens with zero attached hydrogens (tertiary/aromatic N) is 1. The summed E-state index contributed by atoms with van der Waals surface area (Å²) in [5, 5.41) is 3.22. The lowest BCUT2D eigenvalue weighted by atomic mass is 10.1. The number of hydrogen-bond acceptors (Lipinski definition) is 1. The number of hydrogen-bond donors (Lipinski definition) is 1. The number of H-pyrrole nitrogens is 1. The second kappa shape index (κ2) is 5.19. The minimum absolute atomic E-state index is 0.111. The van der Waals surface area contributed by atoms with Crippen LogP contribution in [0.15, 0.2) is 10.9 Å². The Morgan fingerprint density at radius 2 is 1.93 bits per heavy atom. The van der Waals surface area contributed by atoms with E-state index in [4.69, 9.17) is 0 Å². The van der Waals surface area contributed by atoms with Gasteiger partial charge in [0.2, 0.25) is 0 Å². The predicted molar refractivity (Wildman–Crippen MR) is 63.2 cm³/mol. The van der Waals surface area contributed by atoms with E-state index in [1.807, 2.05) is 0 Å². The topological polar surface area (TPSA) is 37.8 Å². The molecular formula is C12H22N2O. The summed E-state index contributed by atoms with van der Waals surface area (Å²) in [4.78, 5) is 11.7. The van der Waals surface area contributed by atoms with E-state index in [9.17, 15) is 4.79 Å². The van der Waals surface area contributed by atoms with E-state index < -0.39 is 0 Å². The molecule has 15 heavy (non-hydrogen) atoms. The van der Waals surface area contributed by atoms with Crippen LogP contribution in [-0.4, -0.2) is 9.78 Å². The smallest absolute Gasteiger partial charge is 0.266 e. The molecule has 1 aromatic rings. The fourth-order valence-corrected chi connectivity index (χ4v) is 1.93. The van der Waals surface area contributed by atoms with Gasteiger partial charge in [-0.05, 0) is 25.2 Å². The molecule has 0 atom stereocenters. The van der Waals surface area contributed by atoms with Crippen LogP contribution in [0.4, 0.5) is 0 Å². The Kier molecular flexibility index (Phi) is 4.18. The van der Waals surface area contributed by atoms with Crippen molar-refractivity contribution in [2.24, 2.45) is 5.92 Å². The summed E-state index contributed by atoms with van der Waals surface area (Å²) in [7, 11) is 0. The molecule has 0 aliphatic heterocycles. The minimum Gasteiger partial charge on any atom is -0.299 e. The van der Waals surface area contributed by atoms with Gasteiger partial charge in [-0.25, -0.2) is 4.68 Å². The number of aromatic amines is 1. The average molecular weight is 210 g/mol. The van der Waals surface area contributed by atoms with Crippen LogP contribution in [0.2, 0.25) is 0 Å². The Bertz CT molecular complexity index is 345. The van der Waals surface area contributed by atoms with E-state index in [1.54, 1.807) is 10.7 Å². The molecule has 1 N–H and O–H groups in total. The van der Waals surface area contributed by atoms with Gasteiger partial charge in [0.05, 0.1) is 6.04 Å². The largest absolute Gasteiger partial charge is 0.299 e. The summed E-state index contributed by atoms with van der Waals surface area (Å²) in [5.41, 5.74) is 1.17. The number of rotatable bonds is 5. The van der Waals surface area contributed by atoms with Crippen molar-refractivity contribution in [3.05, 3.63) is 22.1 Å². The summed E-state index contributed by atoms with van der Waals surface area (Å²) in [5.74, 6) is 0.582. The highest BCUT2D eigenvalue weighted by atomic mass is 16.1. The lowest BCUT2D eigenvalue weighted by Gasteiger charge is -2.13. The van der Waals surface area contributed by atoms with Crippen molar-refractivity contribution in [2.45, 2.75) is 53.0 Å². The van der Waals surface area contributed by atoms with Gasteiger partial charge < -0.3 is 0 Å². The maximum atomic E-state index is 11.7. The highest BCUT2D eigenvalue weighted by molar-refractivity contribution is 5.01. The molecule has 0 saturated carbocycles. The van der Waals surface area contributed by atoms with Gasteiger partial charge in [0.15, 0.2) is 0 Å². The SMILES string of the molecule is CCC(CC)n1[nH]c(CC(C)C)cc1=O. The fraction of sp³-hybridized carbons (Fsp3) is 0.750. The minimum atomic E-state index is 0.111. The Hall–Kier alpha value is -0.990. The van der Waals surface area contributed by atoms with Gasteiger partial charge in [-0.1, -0.05) is 27.7 Å². The van der Waals surface area contributed by atoms with Crippen molar-refractivity contribution in [1.82, 2.24) is 9.78 Å². The van der Waals surface area contributed by atoms with Crippen LogP contribution in [0.1, 0.15) is 52.3 Å². The molecule has 0 bridgehead atoms. The quantitative estimate of drug-likeness (QED) is 0.797. The fourth-order valence-electron chi connectivity index (χ4n) is 1.93. The van der Waals surface area contributed by atoms with Crippen LogP contribution in [0.25, 0.3) is 0 Å². The first-order valence-corrected chi connectivity index (χ1v) is 5.88. The molecule has 1 aromatic heterocycles. The zero-order chi connectivity index (χ0) is 11.4. The van der Waals surface area contributed by atoms with Crippen LogP contribution < -0.4 is 5.56 Å². The molecule has 0 aliphatic rings. The van der Waals surface area contributed by atoms with Crippen LogP contribution in [-0.2, 0) is 6.42 Å². The first kappa shape index (κ1) is 12.1. The highest BCUT2D eigenvalue weighted by Gasteiger charge is 2.11. The third-order valence-corrected chi connectivity index (χ3v) is 2.74. The van der Waals surface area contributed by atoms with E-state index >= 15 is 0 Å². The highest BCUT2D eigenvalue weighted by Crippen LogP contribution is 2.12. The summed E-state index contributed by atoms with van der Waals surface area (Å²) in [6.07, 6.45) is 2.94. The normalized spacial score (nSPS) is 11.6. The summed E-state index contributed by atoms with van der Waals surface area (Å²) in [6.45, 7) is 8.55. The maximum Gasteiger partial charge on any atom is 0.266 e. The molecule has 3 nitrogen and oxygen atoms in total. The summed E-state index contributed by atoms with van der Waals surface area (Å²) >= 11 is 0. The van der Waals surface area contributed by atoms with Gasteiger partial charge in [0.25, 0.3) is 5.56 Å². The molecule has 0 fully saturated rings. The third-order valence-electron chi connectivity index (χ3n) is 2.74. The molecule has 1 rings (SSSR count). The van der Waals surface area contributed by atoms with Gasteiger partial charge in [0.1, 0.15) is 0 Å². The van der Waals surface area contributed by atoms with Gasteiger partial charge in [0, 0.05) is 11.8 Å². The lowest BCUT2D eigenvalue weighted by molar-refractivity contribution is 0.413. The monoisotopic (exact) mass is 210 g/mol. The van der Waals surface area contributed by atoms with Crippen molar-refractivity contribution < 1.29 is 0 Å². The molecule has 0 spiro atoms. The van der Waals surface area contributed by atoms with Crippen LogP contribution in [0.5, 0.6) is 0 Å². The van der Waals surface area contributed by atoms with Crippen molar-refractivity contribution >= 4 is 0 Å². The Balaban J connectivity index is 2.90. The molecule has 3 heteroatoms. The molecule has 86 valence electrons. The zero-order valence-electron chi connectivity index (χ0n) is 10.2. The molecule has 0 unspecified atom stereocenters.